The quantitative estimate of drug-likeness (QED) is 0.631. The van der Waals surface area contributed by atoms with E-state index in [1.807, 2.05) is 29.6 Å². The van der Waals surface area contributed by atoms with Crippen molar-refractivity contribution in [2.24, 2.45) is 17.3 Å². The van der Waals surface area contributed by atoms with Crippen molar-refractivity contribution in [2.45, 2.75) is 64.5 Å². The van der Waals surface area contributed by atoms with E-state index in [-0.39, 0.29) is 34.5 Å². The van der Waals surface area contributed by atoms with Crippen molar-refractivity contribution < 1.29 is 9.59 Å². The Labute approximate surface area is 187 Å². The van der Waals surface area contributed by atoms with Crippen molar-refractivity contribution in [3.8, 4) is 0 Å². The molecule has 6 nitrogen and oxygen atoms in total. The van der Waals surface area contributed by atoms with Crippen LogP contribution in [0.4, 0.5) is 10.8 Å². The first-order valence-electron chi connectivity index (χ1n) is 11.1. The van der Waals surface area contributed by atoms with E-state index in [1.165, 1.54) is 11.3 Å². The zero-order valence-electron chi connectivity index (χ0n) is 18.5. The molecule has 2 bridgehead atoms. The van der Waals surface area contributed by atoms with Crippen LogP contribution in [0.1, 0.15) is 69.4 Å². The molecule has 1 aliphatic heterocycles. The predicted molar refractivity (Wildman–Crippen MR) is 123 cm³/mol. The van der Waals surface area contributed by atoms with E-state index in [9.17, 15) is 9.59 Å². The molecular weight excluding hydrogens is 408 g/mol. The molecule has 31 heavy (non-hydrogen) atoms. The smallest absolute Gasteiger partial charge is 0.255 e. The monoisotopic (exact) mass is 438 g/mol. The fourth-order valence-corrected chi connectivity index (χ4v) is 6.66. The van der Waals surface area contributed by atoms with Crippen LogP contribution < -0.4 is 16.0 Å². The second-order valence-electron chi connectivity index (χ2n) is 10.7. The number of rotatable bonds is 2. The lowest BCUT2D eigenvalue weighted by atomic mass is 9.51. The van der Waals surface area contributed by atoms with E-state index in [2.05, 4.69) is 48.6 Å². The summed E-state index contributed by atoms with van der Waals surface area (Å²) in [5.41, 5.74) is 1.87. The highest BCUT2D eigenvalue weighted by atomic mass is 32.1. The van der Waals surface area contributed by atoms with Gasteiger partial charge in [0, 0.05) is 28.3 Å². The Balaban J connectivity index is 1.36. The molecule has 3 aliphatic carbocycles. The highest BCUT2D eigenvalue weighted by Gasteiger charge is 2.60. The molecule has 1 aromatic heterocycles. The van der Waals surface area contributed by atoms with Gasteiger partial charge in [-0.3, -0.25) is 9.59 Å². The Hall–Kier alpha value is -2.41. The van der Waals surface area contributed by atoms with Crippen molar-refractivity contribution in [1.82, 2.24) is 10.3 Å². The van der Waals surface area contributed by atoms with Crippen molar-refractivity contribution in [1.29, 1.82) is 0 Å². The minimum Gasteiger partial charge on any atom is -0.362 e. The van der Waals surface area contributed by atoms with Gasteiger partial charge in [0.2, 0.25) is 5.91 Å². The minimum atomic E-state index is -0.476. The summed E-state index contributed by atoms with van der Waals surface area (Å²) in [6.45, 7) is 8.57. The molecule has 2 amide bonds. The van der Waals surface area contributed by atoms with Crippen molar-refractivity contribution in [2.75, 3.05) is 10.6 Å². The molecule has 3 saturated carbocycles. The van der Waals surface area contributed by atoms with Gasteiger partial charge in [-0.1, -0.05) is 39.8 Å². The summed E-state index contributed by atoms with van der Waals surface area (Å²) in [4.78, 5) is 30.8. The van der Waals surface area contributed by atoms with E-state index in [0.717, 1.165) is 37.1 Å². The number of benzene rings is 1. The Kier molecular flexibility index (Phi) is 4.49. The highest BCUT2D eigenvalue weighted by Crippen LogP contribution is 2.58. The van der Waals surface area contributed by atoms with Gasteiger partial charge in [0.05, 0.1) is 11.3 Å². The van der Waals surface area contributed by atoms with Gasteiger partial charge in [0.15, 0.2) is 5.13 Å². The maximum absolute atomic E-state index is 13.3. The zero-order chi connectivity index (χ0) is 22.0. The molecule has 2 heterocycles. The fourth-order valence-electron chi connectivity index (χ4n) is 5.72. The Morgan fingerprint density at radius 1 is 1.26 bits per heavy atom. The number of para-hydroxylation sites is 1. The summed E-state index contributed by atoms with van der Waals surface area (Å²) in [7, 11) is 0. The van der Waals surface area contributed by atoms with Crippen LogP contribution >= 0.6 is 11.3 Å². The summed E-state index contributed by atoms with van der Waals surface area (Å²) in [6, 6.07) is 7.66. The number of aromatic nitrogens is 1. The molecule has 2 aromatic rings. The van der Waals surface area contributed by atoms with E-state index >= 15 is 0 Å². The van der Waals surface area contributed by atoms with Gasteiger partial charge < -0.3 is 16.0 Å². The van der Waals surface area contributed by atoms with Gasteiger partial charge in [-0.2, -0.15) is 0 Å². The number of nitrogens with one attached hydrogen (secondary N) is 3. The molecule has 4 aliphatic rings. The van der Waals surface area contributed by atoms with Crippen molar-refractivity contribution >= 4 is 34.0 Å². The standard InChI is InChI=1S/C24H30N4O2S/c1-22(2,3)18-12-31-21(25-18)26-20(30)16-11-14-9-10-23(16,4)13-24(14)27-17-8-6-5-7-15(17)19(29)28-24/h5-8,12,14,16,27H,9-11,13H2,1-4H3,(H,28,29)(H,25,26,30)/t14?,16?,23?,24-/m0/s1. The van der Waals surface area contributed by atoms with E-state index in [4.69, 9.17) is 0 Å². The number of nitrogens with zero attached hydrogens (tertiary/aromatic N) is 1. The van der Waals surface area contributed by atoms with E-state index < -0.39 is 5.66 Å². The van der Waals surface area contributed by atoms with Gasteiger partial charge in [-0.15, -0.1) is 11.3 Å². The first-order valence-corrected chi connectivity index (χ1v) is 11.9. The topological polar surface area (TPSA) is 83.1 Å². The van der Waals surface area contributed by atoms with Gasteiger partial charge in [0.1, 0.15) is 5.66 Å². The summed E-state index contributed by atoms with van der Waals surface area (Å²) in [5, 5.41) is 12.7. The third kappa shape index (κ3) is 3.34. The first kappa shape index (κ1) is 20.5. The molecule has 0 radical (unpaired) electrons. The third-order valence-electron chi connectivity index (χ3n) is 7.49. The second-order valence-corrected chi connectivity index (χ2v) is 11.6. The lowest BCUT2D eigenvalue weighted by Crippen LogP contribution is -2.70. The molecular formula is C24H30N4O2S. The lowest BCUT2D eigenvalue weighted by Gasteiger charge is -2.60. The average molecular weight is 439 g/mol. The fraction of sp³-hybridized carbons (Fsp3) is 0.542. The first-order chi connectivity index (χ1) is 14.6. The summed E-state index contributed by atoms with van der Waals surface area (Å²) in [5.74, 6) is 0.155. The molecule has 6 rings (SSSR count). The maximum Gasteiger partial charge on any atom is 0.255 e. The van der Waals surface area contributed by atoms with Gasteiger partial charge in [-0.25, -0.2) is 4.98 Å². The maximum atomic E-state index is 13.3. The van der Waals surface area contributed by atoms with Crippen LogP contribution in [0.3, 0.4) is 0 Å². The van der Waals surface area contributed by atoms with E-state index in [0.29, 0.717) is 10.7 Å². The number of hydrogen-bond donors (Lipinski definition) is 3. The van der Waals surface area contributed by atoms with Crippen LogP contribution in [0.5, 0.6) is 0 Å². The molecule has 3 unspecified atom stereocenters. The SMILES string of the molecule is CC(C)(C)c1csc(NC(=O)C2CC3CCC2(C)C[C@]32NC(=O)c3ccccc3N2)n1. The van der Waals surface area contributed by atoms with Crippen LogP contribution in [0, 0.1) is 17.3 Å². The molecule has 1 spiro atoms. The molecule has 4 atom stereocenters. The Morgan fingerprint density at radius 2 is 2.03 bits per heavy atom. The minimum absolute atomic E-state index is 0.0241. The summed E-state index contributed by atoms with van der Waals surface area (Å²) >= 11 is 1.49. The normalized spacial score (nSPS) is 31.7. The van der Waals surface area contributed by atoms with E-state index in [1.54, 1.807) is 0 Å². The number of hydrogen-bond acceptors (Lipinski definition) is 5. The summed E-state index contributed by atoms with van der Waals surface area (Å²) in [6.07, 6.45) is 3.49. The van der Waals surface area contributed by atoms with Crippen LogP contribution in [0.25, 0.3) is 0 Å². The number of anilines is 2. The van der Waals surface area contributed by atoms with Gasteiger partial charge >= 0.3 is 0 Å². The molecule has 164 valence electrons. The molecule has 3 N–H and O–H groups in total. The summed E-state index contributed by atoms with van der Waals surface area (Å²) < 4.78 is 0. The number of amides is 2. The lowest BCUT2D eigenvalue weighted by molar-refractivity contribution is -0.134. The van der Waals surface area contributed by atoms with Crippen LogP contribution in [0.15, 0.2) is 29.6 Å². The number of carbonyl (C=O) groups is 2. The molecule has 0 saturated heterocycles. The third-order valence-corrected chi connectivity index (χ3v) is 8.25. The number of fused-ring (bicyclic) bond motifs is 3. The zero-order valence-corrected chi connectivity index (χ0v) is 19.4. The molecule has 1 aromatic carbocycles. The van der Waals surface area contributed by atoms with Gasteiger partial charge in [0.25, 0.3) is 5.91 Å². The second kappa shape index (κ2) is 6.79. The highest BCUT2D eigenvalue weighted by molar-refractivity contribution is 7.13. The largest absolute Gasteiger partial charge is 0.362 e. The molecule has 7 heteroatoms. The predicted octanol–water partition coefficient (Wildman–Crippen LogP) is 4.76. The van der Waals surface area contributed by atoms with Gasteiger partial charge in [-0.05, 0) is 43.2 Å². The number of thiazole rings is 1. The van der Waals surface area contributed by atoms with Crippen LogP contribution in [0.2, 0.25) is 0 Å². The molecule has 3 fully saturated rings. The van der Waals surface area contributed by atoms with Crippen molar-refractivity contribution in [3.05, 3.63) is 40.9 Å². The Morgan fingerprint density at radius 3 is 2.74 bits per heavy atom. The average Bonchev–Trinajstić information content (AvgIpc) is 3.16. The van der Waals surface area contributed by atoms with Crippen molar-refractivity contribution in [3.63, 3.8) is 0 Å². The number of carbonyl (C=O) groups excluding carboxylic acids is 2. The van der Waals surface area contributed by atoms with Crippen LogP contribution in [-0.2, 0) is 10.2 Å². The van der Waals surface area contributed by atoms with Crippen LogP contribution in [-0.4, -0.2) is 22.5 Å². The Bertz CT molecular complexity index is 1060.